The number of hydrogen-bond acceptors (Lipinski definition) is 5. The first kappa shape index (κ1) is 17.8. The summed E-state index contributed by atoms with van der Waals surface area (Å²) < 4.78 is 17.7. The number of epoxide rings is 1. The minimum atomic E-state index is -0.900. The first-order chi connectivity index (χ1) is 12.3. The fourth-order valence-electron chi connectivity index (χ4n) is 5.10. The van der Waals surface area contributed by atoms with Crippen LogP contribution in [0.4, 0.5) is 0 Å². The molecule has 1 aromatic heterocycles. The van der Waals surface area contributed by atoms with E-state index in [1.807, 2.05) is 13.8 Å². The Balaban J connectivity index is 1.79. The van der Waals surface area contributed by atoms with Gasteiger partial charge in [-0.2, -0.15) is 0 Å². The molecular weight excluding hydrogens is 332 g/mol. The van der Waals surface area contributed by atoms with Crippen LogP contribution in [0.5, 0.6) is 0 Å². The van der Waals surface area contributed by atoms with Crippen molar-refractivity contribution in [3.05, 3.63) is 23.2 Å². The SMILES string of the molecule is CCC(C)CC(=O)OC1c2c(C)coc2C(=O)C23OC2CCC(C)C13C. The highest BCUT2D eigenvalue weighted by Crippen LogP contribution is 2.69. The first-order valence-electron chi connectivity index (χ1n) is 9.77. The zero-order chi connectivity index (χ0) is 18.9. The van der Waals surface area contributed by atoms with E-state index in [2.05, 4.69) is 20.8 Å². The lowest BCUT2D eigenvalue weighted by molar-refractivity contribution is -0.166. The van der Waals surface area contributed by atoms with Gasteiger partial charge in [0.1, 0.15) is 6.10 Å². The molecule has 142 valence electrons. The van der Waals surface area contributed by atoms with Crippen molar-refractivity contribution in [2.24, 2.45) is 17.3 Å². The van der Waals surface area contributed by atoms with Crippen LogP contribution < -0.4 is 0 Å². The van der Waals surface area contributed by atoms with Crippen molar-refractivity contribution in [1.29, 1.82) is 0 Å². The molecule has 0 N–H and O–H groups in total. The van der Waals surface area contributed by atoms with Gasteiger partial charge < -0.3 is 13.9 Å². The van der Waals surface area contributed by atoms with E-state index in [9.17, 15) is 9.59 Å². The summed E-state index contributed by atoms with van der Waals surface area (Å²) in [6.45, 7) is 10.2. The van der Waals surface area contributed by atoms with Crippen LogP contribution in [-0.2, 0) is 14.3 Å². The van der Waals surface area contributed by atoms with Gasteiger partial charge in [0, 0.05) is 12.0 Å². The molecule has 6 atom stereocenters. The Labute approximate surface area is 154 Å². The zero-order valence-electron chi connectivity index (χ0n) is 16.3. The lowest BCUT2D eigenvalue weighted by atomic mass is 9.53. The molecule has 6 unspecified atom stereocenters. The molecule has 0 radical (unpaired) electrons. The fraction of sp³-hybridized carbons (Fsp3) is 0.714. The van der Waals surface area contributed by atoms with E-state index in [4.69, 9.17) is 13.9 Å². The van der Waals surface area contributed by atoms with Gasteiger partial charge in [0.15, 0.2) is 11.4 Å². The molecule has 0 aromatic carbocycles. The Morgan fingerprint density at radius 1 is 1.42 bits per heavy atom. The number of hydrogen-bond donors (Lipinski definition) is 0. The molecule has 0 bridgehead atoms. The molecule has 4 rings (SSSR count). The maximum absolute atomic E-state index is 13.3. The Morgan fingerprint density at radius 2 is 2.15 bits per heavy atom. The van der Waals surface area contributed by atoms with Crippen molar-refractivity contribution in [1.82, 2.24) is 0 Å². The highest BCUT2D eigenvalue weighted by atomic mass is 16.6. The summed E-state index contributed by atoms with van der Waals surface area (Å²) in [5, 5.41) is 0. The summed E-state index contributed by atoms with van der Waals surface area (Å²) in [5.41, 5.74) is 0.132. The number of ether oxygens (including phenoxy) is 2. The third kappa shape index (κ3) is 2.07. The Hall–Kier alpha value is -1.62. The minimum absolute atomic E-state index is 0.0751. The number of esters is 1. The molecule has 2 heterocycles. The monoisotopic (exact) mass is 360 g/mol. The summed E-state index contributed by atoms with van der Waals surface area (Å²) in [7, 11) is 0. The number of ketones is 1. The number of carbonyl (C=O) groups is 2. The van der Waals surface area contributed by atoms with Gasteiger partial charge in [-0.3, -0.25) is 9.59 Å². The summed E-state index contributed by atoms with van der Waals surface area (Å²) in [5.74, 6) is 0.505. The maximum atomic E-state index is 13.3. The second-order valence-corrected chi connectivity index (χ2v) is 8.68. The van der Waals surface area contributed by atoms with E-state index < -0.39 is 17.1 Å². The van der Waals surface area contributed by atoms with E-state index in [0.717, 1.165) is 30.4 Å². The van der Waals surface area contributed by atoms with E-state index >= 15 is 0 Å². The molecule has 5 heteroatoms. The van der Waals surface area contributed by atoms with Crippen molar-refractivity contribution in [3.8, 4) is 0 Å². The minimum Gasteiger partial charge on any atom is -0.460 e. The fourth-order valence-corrected chi connectivity index (χ4v) is 5.10. The molecule has 2 fully saturated rings. The molecule has 26 heavy (non-hydrogen) atoms. The number of rotatable bonds is 4. The summed E-state index contributed by atoms with van der Waals surface area (Å²) >= 11 is 0. The van der Waals surface area contributed by atoms with Crippen LogP contribution in [-0.4, -0.2) is 23.5 Å². The molecule has 0 amide bonds. The lowest BCUT2D eigenvalue weighted by Crippen LogP contribution is -2.57. The topological polar surface area (TPSA) is 69.0 Å². The van der Waals surface area contributed by atoms with Gasteiger partial charge in [0.05, 0.1) is 17.8 Å². The second kappa shape index (κ2) is 5.69. The number of fused-ring (bicyclic) bond motifs is 1. The highest BCUT2D eigenvalue weighted by Gasteiger charge is 2.80. The van der Waals surface area contributed by atoms with Gasteiger partial charge in [-0.25, -0.2) is 0 Å². The average molecular weight is 360 g/mol. The average Bonchev–Trinajstić information content (AvgIpc) is 3.24. The Kier molecular flexibility index (Phi) is 3.89. The maximum Gasteiger partial charge on any atom is 0.306 e. The molecule has 2 aliphatic carbocycles. The van der Waals surface area contributed by atoms with Crippen molar-refractivity contribution < 1.29 is 23.5 Å². The molecule has 1 saturated heterocycles. The lowest BCUT2D eigenvalue weighted by Gasteiger charge is -2.49. The smallest absolute Gasteiger partial charge is 0.306 e. The number of carbonyl (C=O) groups excluding carboxylic acids is 2. The Morgan fingerprint density at radius 3 is 2.85 bits per heavy atom. The van der Waals surface area contributed by atoms with Crippen LogP contribution in [0.15, 0.2) is 10.7 Å². The third-order valence-corrected chi connectivity index (χ3v) is 7.24. The van der Waals surface area contributed by atoms with Gasteiger partial charge in [0.25, 0.3) is 0 Å². The van der Waals surface area contributed by atoms with Crippen LogP contribution in [0.3, 0.4) is 0 Å². The number of aryl methyl sites for hydroxylation is 1. The largest absolute Gasteiger partial charge is 0.460 e. The van der Waals surface area contributed by atoms with Crippen molar-refractivity contribution in [3.63, 3.8) is 0 Å². The quantitative estimate of drug-likeness (QED) is 0.589. The van der Waals surface area contributed by atoms with Crippen molar-refractivity contribution in [2.45, 2.75) is 78.1 Å². The molecule has 1 aromatic rings. The molecule has 1 aliphatic heterocycles. The van der Waals surface area contributed by atoms with Crippen LogP contribution in [0, 0.1) is 24.2 Å². The summed E-state index contributed by atoms with van der Waals surface area (Å²) in [4.78, 5) is 25.9. The molecule has 1 saturated carbocycles. The van der Waals surface area contributed by atoms with Crippen molar-refractivity contribution >= 4 is 11.8 Å². The normalized spacial score (nSPS) is 38.8. The zero-order valence-corrected chi connectivity index (χ0v) is 16.3. The van der Waals surface area contributed by atoms with Crippen LogP contribution in [0.1, 0.15) is 81.2 Å². The van der Waals surface area contributed by atoms with Crippen molar-refractivity contribution in [2.75, 3.05) is 0 Å². The third-order valence-electron chi connectivity index (χ3n) is 7.24. The molecule has 1 spiro atoms. The highest BCUT2D eigenvalue weighted by molar-refractivity contribution is 6.06. The van der Waals surface area contributed by atoms with E-state index in [0.29, 0.717) is 12.2 Å². The summed E-state index contributed by atoms with van der Waals surface area (Å²) in [6.07, 6.45) is 4.13. The van der Waals surface area contributed by atoms with E-state index in [-0.39, 0.29) is 29.7 Å². The number of furan rings is 1. The van der Waals surface area contributed by atoms with Crippen LogP contribution >= 0.6 is 0 Å². The van der Waals surface area contributed by atoms with Gasteiger partial charge in [0.2, 0.25) is 5.78 Å². The van der Waals surface area contributed by atoms with Gasteiger partial charge >= 0.3 is 5.97 Å². The molecule has 5 nitrogen and oxygen atoms in total. The van der Waals surface area contributed by atoms with Crippen LogP contribution in [0.25, 0.3) is 0 Å². The standard InChI is InChI=1S/C21H28O5/c1-6-11(2)9-15(22)25-19-16-12(3)10-24-17(16)18(23)21-14(26-21)8-7-13(4)20(19,21)5/h10-11,13-14,19H,6-9H2,1-5H3. The molecular formula is C21H28O5. The van der Waals surface area contributed by atoms with E-state index in [1.165, 1.54) is 0 Å². The first-order valence-corrected chi connectivity index (χ1v) is 9.77. The van der Waals surface area contributed by atoms with E-state index in [1.54, 1.807) is 6.26 Å². The Bertz CT molecular complexity index is 764. The summed E-state index contributed by atoms with van der Waals surface area (Å²) in [6, 6.07) is 0. The second-order valence-electron chi connectivity index (χ2n) is 8.68. The molecule has 3 aliphatic rings. The van der Waals surface area contributed by atoms with Gasteiger partial charge in [-0.1, -0.05) is 34.1 Å². The number of Topliss-reactive ketones (excluding diaryl/α,β-unsaturated/α-hetero) is 1. The predicted octanol–water partition coefficient (Wildman–Crippen LogP) is 4.38. The predicted molar refractivity (Wildman–Crippen MR) is 94.8 cm³/mol. The van der Waals surface area contributed by atoms with Gasteiger partial charge in [-0.15, -0.1) is 0 Å². The van der Waals surface area contributed by atoms with Gasteiger partial charge in [-0.05, 0) is 37.2 Å². The van der Waals surface area contributed by atoms with Crippen LogP contribution in [0.2, 0.25) is 0 Å².